The van der Waals surface area contributed by atoms with E-state index in [1.807, 2.05) is 14.0 Å². The quantitative estimate of drug-likeness (QED) is 0.766. The van der Waals surface area contributed by atoms with Crippen molar-refractivity contribution in [2.45, 2.75) is 26.2 Å². The van der Waals surface area contributed by atoms with Gasteiger partial charge in [-0.2, -0.15) is 0 Å². The highest BCUT2D eigenvalue weighted by atomic mass is 16.2. The number of carbonyl (C=O) groups is 2. The van der Waals surface area contributed by atoms with Gasteiger partial charge in [-0.15, -0.1) is 0 Å². The summed E-state index contributed by atoms with van der Waals surface area (Å²) in [5, 5.41) is 5.97. The molecule has 2 rings (SSSR count). The fourth-order valence-electron chi connectivity index (χ4n) is 3.27. The first kappa shape index (κ1) is 14.3. The minimum atomic E-state index is -0.151. The highest BCUT2D eigenvalue weighted by Gasteiger charge is 2.58. The molecule has 2 unspecified atom stereocenters. The van der Waals surface area contributed by atoms with E-state index in [0.29, 0.717) is 6.54 Å². The molecule has 5 heteroatoms. The third-order valence-corrected chi connectivity index (χ3v) is 4.71. The number of carbonyl (C=O) groups excluding carboxylic acids is 2. The van der Waals surface area contributed by atoms with Crippen LogP contribution in [0, 0.1) is 17.3 Å². The summed E-state index contributed by atoms with van der Waals surface area (Å²) in [5.74, 6) is 0.253. The first-order valence-electron chi connectivity index (χ1n) is 7.17. The SMILES string of the molecule is CNC(=O)C(C)CN(C)C(=O)C1CC12CCNCC2. The summed E-state index contributed by atoms with van der Waals surface area (Å²) in [5.41, 5.74) is 0.271. The van der Waals surface area contributed by atoms with Crippen molar-refractivity contribution in [3.63, 3.8) is 0 Å². The zero-order valence-electron chi connectivity index (χ0n) is 12.2. The lowest BCUT2D eigenvalue weighted by Gasteiger charge is -2.26. The molecule has 2 aliphatic rings. The van der Waals surface area contributed by atoms with Crippen molar-refractivity contribution in [1.82, 2.24) is 15.5 Å². The molecule has 0 aromatic carbocycles. The molecule has 0 aromatic rings. The number of piperidine rings is 1. The van der Waals surface area contributed by atoms with Crippen LogP contribution in [0.25, 0.3) is 0 Å². The predicted octanol–water partition coefficient (Wildman–Crippen LogP) is 0.217. The molecular formula is C14H25N3O2. The Morgan fingerprint density at radius 2 is 2.05 bits per heavy atom. The first-order valence-corrected chi connectivity index (χ1v) is 7.17. The lowest BCUT2D eigenvalue weighted by atomic mass is 9.91. The van der Waals surface area contributed by atoms with Crippen molar-refractivity contribution in [2.75, 3.05) is 33.7 Å². The third-order valence-electron chi connectivity index (χ3n) is 4.71. The van der Waals surface area contributed by atoms with Crippen LogP contribution in [0.3, 0.4) is 0 Å². The fourth-order valence-corrected chi connectivity index (χ4v) is 3.27. The van der Waals surface area contributed by atoms with E-state index in [1.54, 1.807) is 11.9 Å². The molecule has 2 fully saturated rings. The number of rotatable bonds is 4. The van der Waals surface area contributed by atoms with Crippen molar-refractivity contribution >= 4 is 11.8 Å². The summed E-state index contributed by atoms with van der Waals surface area (Å²) >= 11 is 0. The number of hydrogen-bond acceptors (Lipinski definition) is 3. The van der Waals surface area contributed by atoms with Crippen molar-refractivity contribution in [2.24, 2.45) is 17.3 Å². The lowest BCUT2D eigenvalue weighted by molar-refractivity contribution is -0.134. The van der Waals surface area contributed by atoms with Crippen molar-refractivity contribution < 1.29 is 9.59 Å². The highest BCUT2D eigenvalue weighted by Crippen LogP contribution is 2.59. The van der Waals surface area contributed by atoms with Gasteiger partial charge in [-0.05, 0) is 37.8 Å². The first-order chi connectivity index (χ1) is 9.00. The maximum atomic E-state index is 12.4. The summed E-state index contributed by atoms with van der Waals surface area (Å²) in [4.78, 5) is 25.6. The van der Waals surface area contributed by atoms with Gasteiger partial charge in [0.15, 0.2) is 0 Å². The van der Waals surface area contributed by atoms with E-state index in [-0.39, 0.29) is 29.1 Å². The Morgan fingerprint density at radius 1 is 1.42 bits per heavy atom. The van der Waals surface area contributed by atoms with Gasteiger partial charge in [-0.1, -0.05) is 6.92 Å². The van der Waals surface area contributed by atoms with Crippen LogP contribution in [-0.2, 0) is 9.59 Å². The molecule has 19 heavy (non-hydrogen) atoms. The smallest absolute Gasteiger partial charge is 0.226 e. The van der Waals surface area contributed by atoms with Crippen LogP contribution in [-0.4, -0.2) is 50.4 Å². The maximum absolute atomic E-state index is 12.4. The second kappa shape index (κ2) is 5.49. The van der Waals surface area contributed by atoms with Crippen LogP contribution >= 0.6 is 0 Å². The summed E-state index contributed by atoms with van der Waals surface area (Å²) in [6.45, 7) is 4.42. The van der Waals surface area contributed by atoms with E-state index in [4.69, 9.17) is 0 Å². The van der Waals surface area contributed by atoms with Crippen LogP contribution in [0.2, 0.25) is 0 Å². The molecule has 1 spiro atoms. The van der Waals surface area contributed by atoms with E-state index < -0.39 is 0 Å². The topological polar surface area (TPSA) is 61.4 Å². The monoisotopic (exact) mass is 267 g/mol. The van der Waals surface area contributed by atoms with E-state index >= 15 is 0 Å². The fraction of sp³-hybridized carbons (Fsp3) is 0.857. The molecule has 2 atom stereocenters. The van der Waals surface area contributed by atoms with Gasteiger partial charge in [0.1, 0.15) is 0 Å². The Balaban J connectivity index is 1.85. The molecule has 0 radical (unpaired) electrons. The largest absolute Gasteiger partial charge is 0.359 e. The molecule has 0 aromatic heterocycles. The summed E-state index contributed by atoms with van der Waals surface area (Å²) in [6, 6.07) is 0. The Kier molecular flexibility index (Phi) is 4.13. The van der Waals surface area contributed by atoms with Crippen molar-refractivity contribution in [3.8, 4) is 0 Å². The zero-order chi connectivity index (χ0) is 14.0. The molecule has 2 amide bonds. The van der Waals surface area contributed by atoms with Gasteiger partial charge in [0.25, 0.3) is 0 Å². The molecule has 5 nitrogen and oxygen atoms in total. The van der Waals surface area contributed by atoms with Crippen LogP contribution in [0.1, 0.15) is 26.2 Å². The van der Waals surface area contributed by atoms with Crippen LogP contribution in [0.15, 0.2) is 0 Å². The molecule has 1 aliphatic heterocycles. The van der Waals surface area contributed by atoms with Crippen LogP contribution in [0.5, 0.6) is 0 Å². The Bertz CT molecular complexity index is 364. The standard InChI is InChI=1S/C14H25N3O2/c1-10(12(18)15-2)9-17(3)13(19)11-8-14(11)4-6-16-7-5-14/h10-11,16H,4-9H2,1-3H3,(H,15,18). The maximum Gasteiger partial charge on any atom is 0.226 e. The van der Waals surface area contributed by atoms with E-state index in [1.165, 1.54) is 0 Å². The Labute approximate surface area is 115 Å². The third kappa shape index (κ3) is 2.91. The molecule has 2 N–H and O–H groups in total. The van der Waals surface area contributed by atoms with Gasteiger partial charge in [-0.3, -0.25) is 9.59 Å². The molecule has 108 valence electrons. The minimum Gasteiger partial charge on any atom is -0.359 e. The zero-order valence-corrected chi connectivity index (χ0v) is 12.2. The minimum absolute atomic E-state index is 0.00738. The number of nitrogens with zero attached hydrogens (tertiary/aromatic N) is 1. The van der Waals surface area contributed by atoms with Gasteiger partial charge in [-0.25, -0.2) is 0 Å². The second-order valence-corrected chi connectivity index (χ2v) is 6.10. The average Bonchev–Trinajstić information content (AvgIpc) is 3.10. The normalized spacial score (nSPS) is 25.7. The van der Waals surface area contributed by atoms with Gasteiger partial charge < -0.3 is 15.5 Å². The average molecular weight is 267 g/mol. The summed E-state index contributed by atoms with van der Waals surface area (Å²) in [7, 11) is 3.44. The van der Waals surface area contributed by atoms with Crippen molar-refractivity contribution in [1.29, 1.82) is 0 Å². The molecule has 1 saturated carbocycles. The molecule has 1 saturated heterocycles. The van der Waals surface area contributed by atoms with Gasteiger partial charge in [0, 0.05) is 26.6 Å². The number of amides is 2. The van der Waals surface area contributed by atoms with E-state index in [0.717, 1.165) is 32.4 Å². The molecular weight excluding hydrogens is 242 g/mol. The Hall–Kier alpha value is -1.10. The summed E-state index contributed by atoms with van der Waals surface area (Å²) in [6.07, 6.45) is 3.26. The second-order valence-electron chi connectivity index (χ2n) is 6.10. The van der Waals surface area contributed by atoms with Crippen molar-refractivity contribution in [3.05, 3.63) is 0 Å². The molecule has 0 bridgehead atoms. The molecule has 1 heterocycles. The number of nitrogens with one attached hydrogen (secondary N) is 2. The molecule has 1 aliphatic carbocycles. The Morgan fingerprint density at radius 3 is 2.63 bits per heavy atom. The van der Waals surface area contributed by atoms with E-state index in [9.17, 15) is 9.59 Å². The van der Waals surface area contributed by atoms with Gasteiger partial charge in [0.05, 0.1) is 5.92 Å². The van der Waals surface area contributed by atoms with E-state index in [2.05, 4.69) is 10.6 Å². The predicted molar refractivity (Wildman–Crippen MR) is 73.5 cm³/mol. The van der Waals surface area contributed by atoms with Crippen LogP contribution in [0.4, 0.5) is 0 Å². The lowest BCUT2D eigenvalue weighted by Crippen LogP contribution is -2.39. The van der Waals surface area contributed by atoms with Gasteiger partial charge >= 0.3 is 0 Å². The van der Waals surface area contributed by atoms with Gasteiger partial charge in [0.2, 0.25) is 11.8 Å². The highest BCUT2D eigenvalue weighted by molar-refractivity contribution is 5.84. The number of hydrogen-bond donors (Lipinski definition) is 2. The summed E-state index contributed by atoms with van der Waals surface area (Å²) < 4.78 is 0. The van der Waals surface area contributed by atoms with Crippen LogP contribution < -0.4 is 10.6 Å².